The zero-order valence-corrected chi connectivity index (χ0v) is 10.9. The lowest BCUT2D eigenvalue weighted by Crippen LogP contribution is -2.35. The van der Waals surface area contributed by atoms with Crippen molar-refractivity contribution in [3.05, 3.63) is 23.8 Å². The molecule has 0 aliphatic carbocycles. The summed E-state index contributed by atoms with van der Waals surface area (Å²) in [6, 6.07) is 5.41. The highest BCUT2D eigenvalue weighted by Crippen LogP contribution is 2.31. The fraction of sp³-hybridized carbons (Fsp3) is 0.500. The van der Waals surface area contributed by atoms with E-state index in [1.165, 1.54) is 6.42 Å². The van der Waals surface area contributed by atoms with Gasteiger partial charge in [-0.2, -0.15) is 0 Å². The van der Waals surface area contributed by atoms with Gasteiger partial charge in [-0.25, -0.2) is 0 Å². The zero-order chi connectivity index (χ0) is 13.0. The van der Waals surface area contributed by atoms with Crippen molar-refractivity contribution in [1.29, 1.82) is 0 Å². The van der Waals surface area contributed by atoms with Crippen LogP contribution in [0.4, 0.5) is 0 Å². The predicted octanol–water partition coefficient (Wildman–Crippen LogP) is 2.33. The number of nitrogens with zero attached hydrogens (tertiary/aromatic N) is 1. The minimum Gasteiger partial charge on any atom is -0.493 e. The van der Waals surface area contributed by atoms with Crippen LogP contribution in [-0.4, -0.2) is 38.1 Å². The van der Waals surface area contributed by atoms with Crippen LogP contribution in [0, 0.1) is 0 Å². The first-order chi connectivity index (χ1) is 8.77. The van der Waals surface area contributed by atoms with Crippen molar-refractivity contribution in [2.45, 2.75) is 19.3 Å². The van der Waals surface area contributed by atoms with Crippen LogP contribution in [0.15, 0.2) is 18.2 Å². The lowest BCUT2D eigenvalue weighted by molar-refractivity contribution is 0.0720. The molecule has 0 N–H and O–H groups in total. The number of amides is 1. The molecule has 4 heteroatoms. The predicted molar refractivity (Wildman–Crippen MR) is 69.3 cm³/mol. The monoisotopic (exact) mass is 249 g/mol. The van der Waals surface area contributed by atoms with Gasteiger partial charge < -0.3 is 14.4 Å². The first kappa shape index (κ1) is 12.7. The number of hydrogen-bond acceptors (Lipinski definition) is 3. The number of piperidine rings is 1. The van der Waals surface area contributed by atoms with Crippen molar-refractivity contribution in [1.82, 2.24) is 4.90 Å². The molecule has 0 saturated carbocycles. The van der Waals surface area contributed by atoms with Crippen LogP contribution in [0.2, 0.25) is 0 Å². The molecule has 1 aromatic rings. The number of rotatable bonds is 3. The summed E-state index contributed by atoms with van der Waals surface area (Å²) < 4.78 is 10.5. The Morgan fingerprint density at radius 3 is 2.44 bits per heavy atom. The summed E-state index contributed by atoms with van der Waals surface area (Å²) >= 11 is 0. The zero-order valence-electron chi connectivity index (χ0n) is 10.9. The van der Waals surface area contributed by atoms with Crippen LogP contribution >= 0.6 is 0 Å². The van der Waals surface area contributed by atoms with Gasteiger partial charge in [0, 0.05) is 13.1 Å². The molecule has 98 valence electrons. The maximum absolute atomic E-state index is 12.4. The maximum Gasteiger partial charge on any atom is 0.257 e. The van der Waals surface area contributed by atoms with Gasteiger partial charge in [-0.15, -0.1) is 0 Å². The number of methoxy groups -OCH3 is 2. The summed E-state index contributed by atoms with van der Waals surface area (Å²) in [4.78, 5) is 14.3. The van der Waals surface area contributed by atoms with E-state index >= 15 is 0 Å². The molecule has 1 aliphatic rings. The Bertz CT molecular complexity index is 425. The third-order valence-corrected chi connectivity index (χ3v) is 3.28. The molecule has 2 rings (SSSR count). The van der Waals surface area contributed by atoms with Gasteiger partial charge in [0.15, 0.2) is 11.5 Å². The van der Waals surface area contributed by atoms with Crippen LogP contribution in [0.1, 0.15) is 29.6 Å². The van der Waals surface area contributed by atoms with Gasteiger partial charge in [-0.3, -0.25) is 4.79 Å². The van der Waals surface area contributed by atoms with Gasteiger partial charge in [0.1, 0.15) is 0 Å². The molecular formula is C14H19NO3. The molecule has 1 fully saturated rings. The van der Waals surface area contributed by atoms with Crippen molar-refractivity contribution in [3.8, 4) is 11.5 Å². The van der Waals surface area contributed by atoms with E-state index in [4.69, 9.17) is 9.47 Å². The number of ether oxygens (including phenoxy) is 2. The van der Waals surface area contributed by atoms with Gasteiger partial charge in [0.05, 0.1) is 19.8 Å². The normalized spacial score (nSPS) is 15.3. The summed E-state index contributed by atoms with van der Waals surface area (Å²) in [5, 5.41) is 0. The lowest BCUT2D eigenvalue weighted by atomic mass is 10.1. The molecule has 0 spiro atoms. The highest BCUT2D eigenvalue weighted by Gasteiger charge is 2.22. The lowest BCUT2D eigenvalue weighted by Gasteiger charge is -2.27. The Morgan fingerprint density at radius 1 is 1.11 bits per heavy atom. The molecule has 18 heavy (non-hydrogen) atoms. The second-order valence-electron chi connectivity index (χ2n) is 4.39. The number of para-hydroxylation sites is 1. The quantitative estimate of drug-likeness (QED) is 0.825. The Kier molecular flexibility index (Phi) is 4.07. The molecule has 1 saturated heterocycles. The van der Waals surface area contributed by atoms with Crippen molar-refractivity contribution < 1.29 is 14.3 Å². The second kappa shape index (κ2) is 5.76. The third-order valence-electron chi connectivity index (χ3n) is 3.28. The van der Waals surface area contributed by atoms with E-state index in [-0.39, 0.29) is 5.91 Å². The van der Waals surface area contributed by atoms with Gasteiger partial charge in [-0.05, 0) is 31.4 Å². The van der Waals surface area contributed by atoms with Crippen LogP contribution in [0.5, 0.6) is 11.5 Å². The molecule has 1 aliphatic heterocycles. The van der Waals surface area contributed by atoms with E-state index in [1.807, 2.05) is 11.0 Å². The second-order valence-corrected chi connectivity index (χ2v) is 4.39. The van der Waals surface area contributed by atoms with Crippen molar-refractivity contribution in [3.63, 3.8) is 0 Å². The molecule has 1 amide bonds. The smallest absolute Gasteiger partial charge is 0.257 e. The molecule has 1 heterocycles. The van der Waals surface area contributed by atoms with Gasteiger partial charge >= 0.3 is 0 Å². The van der Waals surface area contributed by atoms with Crippen LogP contribution in [0.3, 0.4) is 0 Å². The average molecular weight is 249 g/mol. The average Bonchev–Trinajstić information content (AvgIpc) is 2.46. The molecule has 0 bridgehead atoms. The van der Waals surface area contributed by atoms with Gasteiger partial charge in [0.25, 0.3) is 5.91 Å². The summed E-state index contributed by atoms with van der Waals surface area (Å²) in [6.45, 7) is 1.67. The molecular weight excluding hydrogens is 230 g/mol. The Balaban J connectivity index is 2.28. The van der Waals surface area contributed by atoms with E-state index in [0.29, 0.717) is 17.1 Å². The minimum absolute atomic E-state index is 0.0328. The molecule has 0 atom stereocenters. The van der Waals surface area contributed by atoms with Gasteiger partial charge in [0.2, 0.25) is 0 Å². The van der Waals surface area contributed by atoms with Crippen LogP contribution < -0.4 is 9.47 Å². The van der Waals surface area contributed by atoms with E-state index < -0.39 is 0 Å². The van der Waals surface area contributed by atoms with Crippen LogP contribution in [0.25, 0.3) is 0 Å². The number of likely N-dealkylation sites (tertiary alicyclic amines) is 1. The fourth-order valence-corrected chi connectivity index (χ4v) is 2.32. The fourth-order valence-electron chi connectivity index (χ4n) is 2.32. The van der Waals surface area contributed by atoms with Crippen molar-refractivity contribution in [2.24, 2.45) is 0 Å². The minimum atomic E-state index is 0.0328. The summed E-state index contributed by atoms with van der Waals surface area (Å²) in [5.41, 5.74) is 0.582. The highest BCUT2D eigenvalue weighted by molar-refractivity contribution is 5.97. The van der Waals surface area contributed by atoms with Crippen molar-refractivity contribution in [2.75, 3.05) is 27.3 Å². The van der Waals surface area contributed by atoms with E-state index in [1.54, 1.807) is 26.4 Å². The first-order valence-electron chi connectivity index (χ1n) is 6.28. The third kappa shape index (κ3) is 2.42. The summed E-state index contributed by atoms with van der Waals surface area (Å²) in [5.74, 6) is 1.15. The molecule has 0 aromatic heterocycles. The summed E-state index contributed by atoms with van der Waals surface area (Å²) in [7, 11) is 3.14. The summed E-state index contributed by atoms with van der Waals surface area (Å²) in [6.07, 6.45) is 3.37. The molecule has 0 unspecified atom stereocenters. The largest absolute Gasteiger partial charge is 0.493 e. The first-order valence-corrected chi connectivity index (χ1v) is 6.28. The highest BCUT2D eigenvalue weighted by atomic mass is 16.5. The Labute approximate surface area is 107 Å². The Morgan fingerprint density at radius 2 is 1.83 bits per heavy atom. The Hall–Kier alpha value is -1.71. The van der Waals surface area contributed by atoms with Crippen molar-refractivity contribution >= 4 is 5.91 Å². The number of benzene rings is 1. The maximum atomic E-state index is 12.4. The number of carbonyl (C=O) groups is 1. The van der Waals surface area contributed by atoms with E-state index in [2.05, 4.69) is 0 Å². The number of hydrogen-bond donors (Lipinski definition) is 0. The van der Waals surface area contributed by atoms with Gasteiger partial charge in [-0.1, -0.05) is 6.07 Å². The van der Waals surface area contributed by atoms with E-state index in [9.17, 15) is 4.79 Å². The number of carbonyl (C=O) groups excluding carboxylic acids is 1. The topological polar surface area (TPSA) is 38.8 Å². The molecule has 0 radical (unpaired) electrons. The molecule has 1 aromatic carbocycles. The SMILES string of the molecule is COc1cccc(C(=O)N2CCCCC2)c1OC. The standard InChI is InChI=1S/C14H19NO3/c1-17-12-8-6-7-11(13(12)18-2)14(16)15-9-4-3-5-10-15/h6-8H,3-5,9-10H2,1-2H3. The van der Waals surface area contributed by atoms with Crippen LogP contribution in [-0.2, 0) is 0 Å². The van der Waals surface area contributed by atoms with E-state index in [0.717, 1.165) is 25.9 Å². The molecule has 4 nitrogen and oxygen atoms in total.